The second-order valence-electron chi connectivity index (χ2n) is 16.1. The number of amides is 3. The molecule has 2 heterocycles. The van der Waals surface area contributed by atoms with Crippen LogP contribution in [0.3, 0.4) is 0 Å². The maximum absolute atomic E-state index is 14.3. The summed E-state index contributed by atoms with van der Waals surface area (Å²) in [5.41, 5.74) is 2.33. The largest absolute Gasteiger partial charge is 0.444 e. The Hall–Kier alpha value is -5.20. The number of benzene rings is 3. The van der Waals surface area contributed by atoms with Crippen LogP contribution in [0, 0.1) is 17.8 Å². The summed E-state index contributed by atoms with van der Waals surface area (Å²) < 4.78 is 48.3. The van der Waals surface area contributed by atoms with Gasteiger partial charge in [0.1, 0.15) is 17.2 Å². The van der Waals surface area contributed by atoms with Crippen molar-refractivity contribution in [2.45, 2.75) is 97.3 Å². The summed E-state index contributed by atoms with van der Waals surface area (Å²) in [5, 5.41) is 8.53. The molecule has 55 heavy (non-hydrogen) atoms. The number of rotatable bonds is 11. The molecule has 3 aromatic carbocycles. The van der Waals surface area contributed by atoms with Gasteiger partial charge in [0.05, 0.1) is 23.0 Å². The highest BCUT2D eigenvalue weighted by Gasteiger charge is 2.35. The van der Waals surface area contributed by atoms with Crippen LogP contribution in [0.1, 0.15) is 95.2 Å². The van der Waals surface area contributed by atoms with E-state index in [0.717, 1.165) is 24.5 Å². The number of fused-ring (bicyclic) bond motifs is 2. The van der Waals surface area contributed by atoms with Crippen LogP contribution in [0.4, 0.5) is 29.3 Å². The first kappa shape index (κ1) is 39.5. The summed E-state index contributed by atoms with van der Waals surface area (Å²) in [7, 11) is 0. The van der Waals surface area contributed by atoms with Gasteiger partial charge in [0.15, 0.2) is 0 Å². The fourth-order valence-electron chi connectivity index (χ4n) is 7.36. The lowest BCUT2D eigenvalue weighted by molar-refractivity contribution is -0.137. The molecular formula is C42H48F3N5O5. The molecule has 1 aliphatic carbocycles. The molecule has 2 aliphatic rings. The third-order valence-electron chi connectivity index (χ3n) is 10.3. The summed E-state index contributed by atoms with van der Waals surface area (Å²) in [5.74, 6) is -0.727. The number of carbonyl (C=O) groups excluding carboxylic acids is 4. The van der Waals surface area contributed by atoms with E-state index in [-0.39, 0.29) is 60.2 Å². The molecule has 0 unspecified atom stereocenters. The van der Waals surface area contributed by atoms with E-state index >= 15 is 0 Å². The molecule has 1 atom stereocenters. The van der Waals surface area contributed by atoms with Gasteiger partial charge in [-0.1, -0.05) is 44.2 Å². The van der Waals surface area contributed by atoms with Crippen molar-refractivity contribution in [1.29, 1.82) is 0 Å². The topological polar surface area (TPSA) is 142 Å². The van der Waals surface area contributed by atoms with Crippen molar-refractivity contribution in [3.63, 3.8) is 0 Å². The molecular weight excluding hydrogens is 711 g/mol. The predicted octanol–water partition coefficient (Wildman–Crippen LogP) is 8.95. The van der Waals surface area contributed by atoms with Gasteiger partial charge in [-0.15, -0.1) is 0 Å². The summed E-state index contributed by atoms with van der Waals surface area (Å²) in [6.45, 7) is 9.68. The van der Waals surface area contributed by atoms with Crippen molar-refractivity contribution in [1.82, 2.24) is 15.3 Å². The zero-order valence-corrected chi connectivity index (χ0v) is 31.8. The lowest BCUT2D eigenvalue weighted by Gasteiger charge is -2.29. The maximum Gasteiger partial charge on any atom is 0.417 e. The monoisotopic (exact) mass is 759 g/mol. The first-order chi connectivity index (χ1) is 25.9. The normalized spacial score (nSPS) is 17.8. The highest BCUT2D eigenvalue weighted by molar-refractivity contribution is 6.01. The number of ketones is 1. The average Bonchev–Trinajstić information content (AvgIpc) is 3.71. The van der Waals surface area contributed by atoms with Crippen LogP contribution in [0.15, 0.2) is 54.6 Å². The number of alkyl halides is 3. The van der Waals surface area contributed by atoms with E-state index in [1.165, 1.54) is 6.07 Å². The standard InChI is InChI=1S/C42H48F3N5O5/c1-23(2)38-49-34-20-31(32(42(43,44)45)21-35(34)50-38)26-10-6-24(7-11-26)16-29(39(53)47-30-15-14-28-18-37(52)48-33(28)19-30)17-36(51)27-12-8-25(9-13-27)22-46-40(54)55-41(3,4)5/h6-7,10-11,14-15,19-21,23,25,27,29H,8-9,12-13,16-18,22H2,1-5H3,(H,46,54)(H,47,53)(H,48,52)(H,49,50)/t25?,27?,29-/m1/s1. The van der Waals surface area contributed by atoms with Crippen LogP contribution in [0.2, 0.25) is 0 Å². The minimum Gasteiger partial charge on any atom is -0.444 e. The van der Waals surface area contributed by atoms with E-state index in [2.05, 4.69) is 25.9 Å². The fourth-order valence-corrected chi connectivity index (χ4v) is 7.36. The highest BCUT2D eigenvalue weighted by atomic mass is 19.4. The molecule has 3 amide bonds. The Kier molecular flexibility index (Phi) is 11.4. The van der Waals surface area contributed by atoms with Crippen LogP contribution in [-0.2, 0) is 38.1 Å². The number of nitrogens with zero attached hydrogens (tertiary/aromatic N) is 1. The van der Waals surface area contributed by atoms with Gasteiger partial charge in [0.25, 0.3) is 0 Å². The summed E-state index contributed by atoms with van der Waals surface area (Å²) in [6.07, 6.45) is -1.91. The number of alkyl carbamates (subject to hydrolysis) is 1. The number of hydrogen-bond acceptors (Lipinski definition) is 6. The van der Waals surface area contributed by atoms with Crippen LogP contribution >= 0.6 is 0 Å². The Morgan fingerprint density at radius 2 is 1.67 bits per heavy atom. The lowest BCUT2D eigenvalue weighted by Crippen LogP contribution is -2.37. The number of anilines is 2. The van der Waals surface area contributed by atoms with E-state index in [9.17, 15) is 32.3 Å². The number of nitrogens with one attached hydrogen (secondary N) is 4. The number of ether oxygens (including phenoxy) is 1. The van der Waals surface area contributed by atoms with E-state index in [0.29, 0.717) is 58.7 Å². The van der Waals surface area contributed by atoms with E-state index < -0.39 is 29.4 Å². The van der Waals surface area contributed by atoms with Gasteiger partial charge in [-0.3, -0.25) is 14.4 Å². The molecule has 10 nitrogen and oxygen atoms in total. The molecule has 1 fully saturated rings. The van der Waals surface area contributed by atoms with Crippen molar-refractivity contribution in [3.8, 4) is 11.1 Å². The molecule has 13 heteroatoms. The van der Waals surface area contributed by atoms with Crippen molar-refractivity contribution in [3.05, 3.63) is 77.1 Å². The minimum absolute atomic E-state index is 0.00146. The van der Waals surface area contributed by atoms with Gasteiger partial charge in [0.2, 0.25) is 11.8 Å². The van der Waals surface area contributed by atoms with Crippen LogP contribution < -0.4 is 16.0 Å². The molecule has 4 aromatic rings. The van der Waals surface area contributed by atoms with Crippen molar-refractivity contribution in [2.75, 3.05) is 17.2 Å². The van der Waals surface area contributed by atoms with Crippen LogP contribution in [0.5, 0.6) is 0 Å². The maximum atomic E-state index is 14.3. The van der Waals surface area contributed by atoms with Crippen molar-refractivity contribution < 1.29 is 37.1 Å². The Morgan fingerprint density at radius 3 is 2.33 bits per heavy atom. The second-order valence-corrected chi connectivity index (χ2v) is 16.1. The highest BCUT2D eigenvalue weighted by Crippen LogP contribution is 2.40. The number of hydrogen-bond donors (Lipinski definition) is 4. The number of Topliss-reactive ketones (excluding diaryl/α,β-unsaturated/α-hetero) is 1. The molecule has 4 N–H and O–H groups in total. The molecule has 292 valence electrons. The van der Waals surface area contributed by atoms with Gasteiger partial charge in [-0.25, -0.2) is 9.78 Å². The van der Waals surface area contributed by atoms with E-state index in [1.807, 2.05) is 13.8 Å². The summed E-state index contributed by atoms with van der Waals surface area (Å²) >= 11 is 0. The molecule has 1 aliphatic heterocycles. The van der Waals surface area contributed by atoms with Gasteiger partial charge in [-0.2, -0.15) is 13.2 Å². The number of halogens is 3. The minimum atomic E-state index is -4.61. The average molecular weight is 760 g/mol. The lowest BCUT2D eigenvalue weighted by atomic mass is 9.77. The van der Waals surface area contributed by atoms with Crippen molar-refractivity contribution in [2.24, 2.45) is 17.8 Å². The molecule has 1 saturated carbocycles. The molecule has 0 saturated heterocycles. The molecule has 0 bridgehead atoms. The SMILES string of the molecule is CC(C)c1nc2cc(-c3ccc(C[C@H](CC(=O)C4CCC(CNC(=O)OC(C)(C)C)CC4)C(=O)Nc4ccc5c(c4)NC(=O)C5)cc3)c(C(F)(F)F)cc2[nH]1. The first-order valence-corrected chi connectivity index (χ1v) is 18.8. The Bertz CT molecular complexity index is 2080. The van der Waals surface area contributed by atoms with E-state index in [4.69, 9.17) is 4.74 Å². The predicted molar refractivity (Wildman–Crippen MR) is 205 cm³/mol. The fraction of sp³-hybridized carbons (Fsp3) is 0.452. The van der Waals surface area contributed by atoms with Gasteiger partial charge >= 0.3 is 12.3 Å². The van der Waals surface area contributed by atoms with Crippen LogP contribution in [0.25, 0.3) is 22.2 Å². The second kappa shape index (κ2) is 15.9. The Labute approximate surface area is 318 Å². The van der Waals surface area contributed by atoms with Gasteiger partial charge in [-0.05, 0) is 105 Å². The zero-order chi connectivity index (χ0) is 39.7. The molecule has 6 rings (SSSR count). The van der Waals surface area contributed by atoms with Crippen molar-refractivity contribution >= 4 is 46.1 Å². The first-order valence-electron chi connectivity index (χ1n) is 18.8. The molecule has 0 radical (unpaired) electrons. The number of H-pyrrole nitrogens is 1. The third-order valence-corrected chi connectivity index (χ3v) is 10.3. The Morgan fingerprint density at radius 1 is 0.964 bits per heavy atom. The number of aromatic nitrogens is 2. The molecule has 0 spiro atoms. The number of aromatic amines is 1. The Balaban J connectivity index is 1.18. The van der Waals surface area contributed by atoms with Gasteiger partial charge in [0, 0.05) is 42.1 Å². The summed E-state index contributed by atoms with van der Waals surface area (Å²) in [6, 6.07) is 14.3. The van der Waals surface area contributed by atoms with E-state index in [1.54, 1.807) is 63.2 Å². The van der Waals surface area contributed by atoms with Crippen LogP contribution in [-0.4, -0.2) is 45.8 Å². The van der Waals surface area contributed by atoms with Gasteiger partial charge < -0.3 is 25.7 Å². The zero-order valence-electron chi connectivity index (χ0n) is 31.8. The number of carbonyl (C=O) groups is 4. The quantitative estimate of drug-likeness (QED) is 0.120. The third kappa shape index (κ3) is 9.92. The number of imidazole rings is 1. The smallest absolute Gasteiger partial charge is 0.417 e. The molecule has 1 aromatic heterocycles. The summed E-state index contributed by atoms with van der Waals surface area (Å²) in [4.78, 5) is 59.2.